The van der Waals surface area contributed by atoms with Crippen molar-refractivity contribution >= 4 is 11.3 Å². The highest BCUT2D eigenvalue weighted by atomic mass is 32.1. The van der Waals surface area contributed by atoms with Gasteiger partial charge >= 0.3 is 0 Å². The lowest BCUT2D eigenvalue weighted by atomic mass is 10.1. The molecule has 1 aliphatic carbocycles. The monoisotopic (exact) mass is 250 g/mol. The fourth-order valence-corrected chi connectivity index (χ4v) is 3.74. The molecule has 1 aliphatic rings. The molecule has 0 aliphatic heterocycles. The van der Waals surface area contributed by atoms with Crippen LogP contribution in [0.2, 0.25) is 0 Å². The molecule has 0 amide bonds. The average Bonchev–Trinajstić information content (AvgIpc) is 2.88. The summed E-state index contributed by atoms with van der Waals surface area (Å²) in [7, 11) is 0. The number of thiophene rings is 1. The van der Waals surface area contributed by atoms with Gasteiger partial charge in [0, 0.05) is 9.75 Å². The molecule has 1 heterocycles. The highest BCUT2D eigenvalue weighted by Gasteiger charge is 2.18. The fraction of sp³-hybridized carbons (Fsp3) is 0.600. The number of unbranched alkanes of at least 4 members (excludes halogenated alkanes) is 3. The molecule has 0 aromatic carbocycles. The maximum absolute atomic E-state index is 10.1. The minimum Gasteiger partial charge on any atom is -0.388 e. The van der Waals surface area contributed by atoms with Gasteiger partial charge in [0.1, 0.15) is 0 Å². The molecular formula is C15H22OS. The van der Waals surface area contributed by atoms with Crippen molar-refractivity contribution in [3.05, 3.63) is 34.0 Å². The first kappa shape index (κ1) is 12.8. The van der Waals surface area contributed by atoms with Crippen molar-refractivity contribution in [3.63, 3.8) is 0 Å². The summed E-state index contributed by atoms with van der Waals surface area (Å²) in [6, 6.07) is 2.24. The van der Waals surface area contributed by atoms with E-state index >= 15 is 0 Å². The van der Waals surface area contributed by atoms with Gasteiger partial charge in [-0.25, -0.2) is 0 Å². The minimum absolute atomic E-state index is 0.227. The van der Waals surface area contributed by atoms with Gasteiger partial charge in [-0.3, -0.25) is 0 Å². The third kappa shape index (κ3) is 3.43. The number of hydrogen-bond donors (Lipinski definition) is 1. The second-order valence-electron chi connectivity index (χ2n) is 4.89. The molecular weight excluding hydrogens is 228 g/mol. The van der Waals surface area contributed by atoms with E-state index in [0.717, 1.165) is 19.3 Å². The van der Waals surface area contributed by atoms with Gasteiger partial charge in [0.05, 0.1) is 6.10 Å². The first-order valence-electron chi connectivity index (χ1n) is 6.71. The molecule has 17 heavy (non-hydrogen) atoms. The molecule has 1 aromatic rings. The van der Waals surface area contributed by atoms with Crippen LogP contribution in [0, 0.1) is 0 Å². The van der Waals surface area contributed by atoms with Crippen LogP contribution in [0.5, 0.6) is 0 Å². The van der Waals surface area contributed by atoms with Crippen molar-refractivity contribution in [2.24, 2.45) is 0 Å². The quantitative estimate of drug-likeness (QED) is 0.561. The first-order chi connectivity index (χ1) is 8.31. The van der Waals surface area contributed by atoms with E-state index in [4.69, 9.17) is 0 Å². The Morgan fingerprint density at radius 1 is 1.35 bits per heavy atom. The molecule has 0 saturated carbocycles. The van der Waals surface area contributed by atoms with E-state index in [9.17, 15) is 5.11 Å². The molecule has 0 bridgehead atoms. The second kappa shape index (κ2) is 6.36. The Kier molecular flexibility index (Phi) is 4.81. The molecule has 1 unspecified atom stereocenters. The number of rotatable bonds is 7. The number of aliphatic hydroxyl groups excluding tert-OH is 1. The van der Waals surface area contributed by atoms with Crippen molar-refractivity contribution < 1.29 is 5.11 Å². The maximum atomic E-state index is 10.1. The lowest BCUT2D eigenvalue weighted by Gasteiger charge is -2.07. The smallest absolute Gasteiger partial charge is 0.0882 e. The third-order valence-corrected chi connectivity index (χ3v) is 4.82. The third-order valence-electron chi connectivity index (χ3n) is 3.48. The van der Waals surface area contributed by atoms with Crippen LogP contribution in [0.25, 0.3) is 0 Å². The largest absolute Gasteiger partial charge is 0.388 e. The second-order valence-corrected chi connectivity index (χ2v) is 6.06. The molecule has 0 radical (unpaired) electrons. The molecule has 2 heteroatoms. The Morgan fingerprint density at radius 2 is 2.24 bits per heavy atom. The van der Waals surface area contributed by atoms with Gasteiger partial charge in [-0.2, -0.15) is 0 Å². The summed E-state index contributed by atoms with van der Waals surface area (Å²) in [5.41, 5.74) is 1.50. The van der Waals surface area contributed by atoms with Gasteiger partial charge < -0.3 is 5.11 Å². The molecule has 1 nitrogen and oxygen atoms in total. The number of hydrogen-bond acceptors (Lipinski definition) is 2. The van der Waals surface area contributed by atoms with Gasteiger partial charge in [-0.15, -0.1) is 17.9 Å². The Hall–Kier alpha value is -0.600. The predicted molar refractivity (Wildman–Crippen MR) is 74.6 cm³/mol. The van der Waals surface area contributed by atoms with Crippen LogP contribution in [-0.4, -0.2) is 5.11 Å². The molecule has 2 rings (SSSR count). The molecule has 0 fully saturated rings. The van der Waals surface area contributed by atoms with Gasteiger partial charge in [0.2, 0.25) is 0 Å². The van der Waals surface area contributed by atoms with Crippen molar-refractivity contribution in [1.82, 2.24) is 0 Å². The lowest BCUT2D eigenvalue weighted by Crippen LogP contribution is -1.94. The van der Waals surface area contributed by atoms with E-state index in [2.05, 4.69) is 12.6 Å². The van der Waals surface area contributed by atoms with E-state index in [1.54, 1.807) is 0 Å². The molecule has 1 aromatic heterocycles. The zero-order valence-electron chi connectivity index (χ0n) is 10.5. The van der Waals surface area contributed by atoms with Crippen LogP contribution in [0.1, 0.15) is 59.9 Å². The highest BCUT2D eigenvalue weighted by molar-refractivity contribution is 7.12. The Morgan fingerprint density at radius 3 is 3.00 bits per heavy atom. The van der Waals surface area contributed by atoms with Crippen molar-refractivity contribution in [2.45, 2.75) is 57.5 Å². The zero-order chi connectivity index (χ0) is 12.1. The number of aliphatic hydroxyl groups is 1. The molecule has 0 spiro atoms. The minimum atomic E-state index is -0.227. The number of fused-ring (bicyclic) bond motifs is 1. The Balaban J connectivity index is 1.75. The fourth-order valence-electron chi connectivity index (χ4n) is 2.46. The van der Waals surface area contributed by atoms with Gasteiger partial charge in [0.25, 0.3) is 0 Å². The van der Waals surface area contributed by atoms with E-state index in [1.165, 1.54) is 47.4 Å². The van der Waals surface area contributed by atoms with Crippen LogP contribution in [0.3, 0.4) is 0 Å². The van der Waals surface area contributed by atoms with Crippen LogP contribution in [-0.2, 0) is 12.8 Å². The van der Waals surface area contributed by atoms with Crippen LogP contribution in [0.15, 0.2) is 18.7 Å². The predicted octanol–water partition coefficient (Wildman–Crippen LogP) is 4.41. The van der Waals surface area contributed by atoms with Crippen LogP contribution >= 0.6 is 11.3 Å². The average molecular weight is 250 g/mol. The van der Waals surface area contributed by atoms with E-state index in [-0.39, 0.29) is 6.10 Å². The molecule has 94 valence electrons. The Bertz CT molecular complexity index is 345. The number of allylic oxidation sites excluding steroid dienone is 1. The summed E-state index contributed by atoms with van der Waals surface area (Å²) in [5.74, 6) is 0. The zero-order valence-corrected chi connectivity index (χ0v) is 11.3. The topological polar surface area (TPSA) is 20.2 Å². The van der Waals surface area contributed by atoms with Crippen LogP contribution < -0.4 is 0 Å². The molecule has 0 saturated heterocycles. The van der Waals surface area contributed by atoms with Crippen molar-refractivity contribution in [1.29, 1.82) is 0 Å². The van der Waals surface area contributed by atoms with Gasteiger partial charge in [0.15, 0.2) is 0 Å². The molecule has 1 N–H and O–H groups in total. The maximum Gasteiger partial charge on any atom is 0.0882 e. The van der Waals surface area contributed by atoms with Crippen molar-refractivity contribution in [2.75, 3.05) is 0 Å². The van der Waals surface area contributed by atoms with Crippen molar-refractivity contribution in [3.8, 4) is 0 Å². The SMILES string of the molecule is C=CCCCCCC(O)c1cc2c(s1)CCC2. The Labute approximate surface area is 108 Å². The standard InChI is InChI=1S/C15H22OS/c1-2-3-4-5-6-9-13(16)15-11-12-8-7-10-14(12)17-15/h2,11,13,16H,1,3-10H2. The summed E-state index contributed by atoms with van der Waals surface area (Å²) >= 11 is 1.83. The first-order valence-corrected chi connectivity index (χ1v) is 7.53. The summed E-state index contributed by atoms with van der Waals surface area (Å²) in [4.78, 5) is 2.71. The number of aryl methyl sites for hydroxylation is 2. The van der Waals surface area contributed by atoms with Crippen LogP contribution in [0.4, 0.5) is 0 Å². The summed E-state index contributed by atoms with van der Waals surface area (Å²) in [5, 5.41) is 10.1. The van der Waals surface area contributed by atoms with E-state index in [1.807, 2.05) is 17.4 Å². The summed E-state index contributed by atoms with van der Waals surface area (Å²) < 4.78 is 0. The molecule has 1 atom stereocenters. The van der Waals surface area contributed by atoms with E-state index in [0.29, 0.717) is 0 Å². The normalized spacial score (nSPS) is 15.8. The lowest BCUT2D eigenvalue weighted by molar-refractivity contribution is 0.167. The van der Waals surface area contributed by atoms with Gasteiger partial charge in [-0.05, 0) is 50.2 Å². The van der Waals surface area contributed by atoms with E-state index < -0.39 is 0 Å². The summed E-state index contributed by atoms with van der Waals surface area (Å²) in [6.45, 7) is 3.72. The van der Waals surface area contributed by atoms with Gasteiger partial charge in [-0.1, -0.05) is 18.9 Å². The highest BCUT2D eigenvalue weighted by Crippen LogP contribution is 2.35. The summed E-state index contributed by atoms with van der Waals surface area (Å²) in [6.07, 6.45) is 11.0.